The molecule has 0 saturated carbocycles. The van der Waals surface area contributed by atoms with Crippen molar-refractivity contribution in [3.8, 4) is 0 Å². The van der Waals surface area contributed by atoms with Crippen molar-refractivity contribution in [3.05, 3.63) is 52.5 Å². The van der Waals surface area contributed by atoms with Gasteiger partial charge in [0.15, 0.2) is 0 Å². The summed E-state index contributed by atoms with van der Waals surface area (Å²) in [5, 5.41) is 12.3. The molecule has 0 amide bonds. The van der Waals surface area contributed by atoms with Crippen LogP contribution in [0.2, 0.25) is 0 Å². The normalized spacial score (nSPS) is 14.8. The first-order valence-corrected chi connectivity index (χ1v) is 5.72. The summed E-state index contributed by atoms with van der Waals surface area (Å²) in [6, 6.07) is 7.79. The molecule has 0 aliphatic rings. The Bertz CT molecular complexity index is 408. The first kappa shape index (κ1) is 10.3. The highest BCUT2D eigenvalue weighted by Gasteiger charge is 2.24. The maximum atomic E-state index is 10.3. The summed E-state index contributed by atoms with van der Waals surface area (Å²) in [5.41, 5.74) is 0.257. The lowest BCUT2D eigenvalue weighted by atomic mass is 9.96. The number of thiophene rings is 1. The third-order valence-electron chi connectivity index (χ3n) is 2.32. The van der Waals surface area contributed by atoms with Gasteiger partial charge in [-0.25, -0.2) is 0 Å². The highest BCUT2D eigenvalue weighted by Crippen LogP contribution is 2.28. The van der Waals surface area contributed by atoms with Crippen LogP contribution in [0.25, 0.3) is 0 Å². The first-order valence-electron chi connectivity index (χ1n) is 4.84. The van der Waals surface area contributed by atoms with E-state index in [0.29, 0.717) is 6.42 Å². The molecule has 78 valence electrons. The van der Waals surface area contributed by atoms with Crippen molar-refractivity contribution in [2.24, 2.45) is 0 Å². The van der Waals surface area contributed by atoms with Crippen molar-refractivity contribution in [3.63, 3.8) is 0 Å². The minimum Gasteiger partial charge on any atom is -0.384 e. The Morgan fingerprint density at radius 2 is 2.27 bits per heavy atom. The zero-order chi connectivity index (χ0) is 10.7. The van der Waals surface area contributed by atoms with Gasteiger partial charge in [-0.05, 0) is 30.0 Å². The minimum atomic E-state index is -0.794. The Labute approximate surface area is 93.2 Å². The molecule has 2 aromatic heterocycles. The van der Waals surface area contributed by atoms with E-state index < -0.39 is 5.60 Å². The van der Waals surface area contributed by atoms with Gasteiger partial charge in [0.05, 0.1) is 0 Å². The number of nitrogens with zero attached hydrogens (tertiary/aromatic N) is 1. The van der Waals surface area contributed by atoms with E-state index >= 15 is 0 Å². The molecule has 2 rings (SSSR count). The smallest absolute Gasteiger partial charge is 0.100 e. The minimum absolute atomic E-state index is 0.599. The van der Waals surface area contributed by atoms with Crippen molar-refractivity contribution in [1.29, 1.82) is 0 Å². The zero-order valence-corrected chi connectivity index (χ0v) is 9.37. The summed E-state index contributed by atoms with van der Waals surface area (Å²) < 4.78 is 0. The molecular formula is C12H13NOS. The van der Waals surface area contributed by atoms with Crippen molar-refractivity contribution in [1.82, 2.24) is 4.98 Å². The third-order valence-corrected chi connectivity index (χ3v) is 3.45. The number of hydrogen-bond acceptors (Lipinski definition) is 3. The summed E-state index contributed by atoms with van der Waals surface area (Å²) >= 11 is 1.58. The molecule has 0 aromatic carbocycles. The maximum absolute atomic E-state index is 10.3. The molecule has 2 nitrogen and oxygen atoms in total. The summed E-state index contributed by atoms with van der Waals surface area (Å²) in [7, 11) is 0. The van der Waals surface area contributed by atoms with Gasteiger partial charge in [-0.2, -0.15) is 0 Å². The van der Waals surface area contributed by atoms with Crippen LogP contribution in [0, 0.1) is 0 Å². The van der Waals surface area contributed by atoms with E-state index in [9.17, 15) is 5.11 Å². The summed E-state index contributed by atoms with van der Waals surface area (Å²) in [6.45, 7) is 1.84. The van der Waals surface area contributed by atoms with Crippen LogP contribution in [0.1, 0.15) is 17.4 Å². The molecule has 15 heavy (non-hydrogen) atoms. The van der Waals surface area contributed by atoms with Crippen LogP contribution < -0.4 is 0 Å². The molecule has 2 aromatic rings. The molecule has 0 spiro atoms. The molecule has 0 radical (unpaired) electrons. The van der Waals surface area contributed by atoms with Crippen LogP contribution in [-0.2, 0) is 12.0 Å². The Morgan fingerprint density at radius 3 is 2.87 bits per heavy atom. The standard InChI is InChI=1S/C12H13NOS/c1-12(14,11-5-3-7-15-11)8-10-4-2-6-13-9-10/h2-7,9,14H,8H2,1H3. The Hall–Kier alpha value is -1.19. The van der Waals surface area contributed by atoms with E-state index in [2.05, 4.69) is 4.98 Å². The first-order chi connectivity index (χ1) is 7.18. The number of pyridine rings is 1. The van der Waals surface area contributed by atoms with Crippen molar-refractivity contribution >= 4 is 11.3 Å². The van der Waals surface area contributed by atoms with Crippen molar-refractivity contribution in [2.75, 3.05) is 0 Å². The molecule has 0 aliphatic heterocycles. The van der Waals surface area contributed by atoms with Crippen LogP contribution >= 0.6 is 11.3 Å². The lowest BCUT2D eigenvalue weighted by molar-refractivity contribution is 0.0614. The number of rotatable bonds is 3. The molecule has 1 atom stereocenters. The molecular weight excluding hydrogens is 206 g/mol. The van der Waals surface area contributed by atoms with Crippen molar-refractivity contribution < 1.29 is 5.11 Å². The Morgan fingerprint density at radius 1 is 1.40 bits per heavy atom. The molecule has 0 bridgehead atoms. The van der Waals surface area contributed by atoms with Crippen molar-refractivity contribution in [2.45, 2.75) is 18.9 Å². The monoisotopic (exact) mass is 219 g/mol. The highest BCUT2D eigenvalue weighted by molar-refractivity contribution is 7.10. The molecule has 0 aliphatic carbocycles. The van der Waals surface area contributed by atoms with Crippen LogP contribution in [0.5, 0.6) is 0 Å². The SMILES string of the molecule is CC(O)(Cc1cccnc1)c1cccs1. The van der Waals surface area contributed by atoms with Gasteiger partial charge in [0, 0.05) is 23.7 Å². The van der Waals surface area contributed by atoms with Gasteiger partial charge < -0.3 is 5.11 Å². The molecule has 1 unspecified atom stereocenters. The number of hydrogen-bond donors (Lipinski definition) is 1. The maximum Gasteiger partial charge on any atom is 0.100 e. The van der Waals surface area contributed by atoms with Gasteiger partial charge in [-0.3, -0.25) is 4.98 Å². The third kappa shape index (κ3) is 2.43. The predicted molar refractivity (Wildman–Crippen MR) is 61.8 cm³/mol. The average molecular weight is 219 g/mol. The fraction of sp³-hybridized carbons (Fsp3) is 0.250. The second kappa shape index (κ2) is 4.13. The Balaban J connectivity index is 2.18. The summed E-state index contributed by atoms with van der Waals surface area (Å²) in [6.07, 6.45) is 4.13. The number of aliphatic hydroxyl groups is 1. The molecule has 3 heteroatoms. The van der Waals surface area contributed by atoms with Gasteiger partial charge in [-0.1, -0.05) is 12.1 Å². The van der Waals surface area contributed by atoms with Gasteiger partial charge in [0.2, 0.25) is 0 Å². The lowest BCUT2D eigenvalue weighted by Crippen LogP contribution is -2.22. The molecule has 0 saturated heterocycles. The van der Waals surface area contributed by atoms with Crippen LogP contribution in [0.4, 0.5) is 0 Å². The highest BCUT2D eigenvalue weighted by atomic mass is 32.1. The Kier molecular flexibility index (Phi) is 2.84. The lowest BCUT2D eigenvalue weighted by Gasteiger charge is -2.21. The number of aromatic nitrogens is 1. The summed E-state index contributed by atoms with van der Waals surface area (Å²) in [5.74, 6) is 0. The van der Waals surface area contributed by atoms with Crippen LogP contribution in [-0.4, -0.2) is 10.1 Å². The molecule has 2 heterocycles. The fourth-order valence-corrected chi connectivity index (χ4v) is 2.36. The molecule has 0 fully saturated rings. The van der Waals surface area contributed by atoms with Crippen LogP contribution in [0.3, 0.4) is 0 Å². The van der Waals surface area contributed by atoms with Crippen LogP contribution in [0.15, 0.2) is 42.0 Å². The molecule has 1 N–H and O–H groups in total. The second-order valence-electron chi connectivity index (χ2n) is 3.79. The van der Waals surface area contributed by atoms with Gasteiger partial charge in [0.25, 0.3) is 0 Å². The second-order valence-corrected chi connectivity index (χ2v) is 4.74. The quantitative estimate of drug-likeness (QED) is 0.860. The summed E-state index contributed by atoms with van der Waals surface area (Å²) in [4.78, 5) is 5.03. The van der Waals surface area contributed by atoms with E-state index in [0.717, 1.165) is 10.4 Å². The predicted octanol–water partition coefficient (Wildman–Crippen LogP) is 2.59. The van der Waals surface area contributed by atoms with E-state index in [4.69, 9.17) is 0 Å². The van der Waals surface area contributed by atoms with Gasteiger partial charge in [-0.15, -0.1) is 11.3 Å². The fourth-order valence-electron chi connectivity index (χ4n) is 1.57. The topological polar surface area (TPSA) is 33.1 Å². The van der Waals surface area contributed by atoms with E-state index in [-0.39, 0.29) is 0 Å². The largest absolute Gasteiger partial charge is 0.384 e. The average Bonchev–Trinajstić information content (AvgIpc) is 2.71. The van der Waals surface area contributed by atoms with E-state index in [1.807, 2.05) is 36.6 Å². The van der Waals surface area contributed by atoms with E-state index in [1.54, 1.807) is 23.7 Å². The van der Waals surface area contributed by atoms with Gasteiger partial charge in [0.1, 0.15) is 5.60 Å². The van der Waals surface area contributed by atoms with Gasteiger partial charge >= 0.3 is 0 Å². The zero-order valence-electron chi connectivity index (χ0n) is 8.55. The van der Waals surface area contributed by atoms with E-state index in [1.165, 1.54) is 0 Å².